The lowest BCUT2D eigenvalue weighted by Crippen LogP contribution is -2.37. The molecule has 1 N–H and O–H groups in total. The number of nitrogens with zero attached hydrogens (tertiary/aromatic N) is 5. The van der Waals surface area contributed by atoms with Gasteiger partial charge in [-0.25, -0.2) is 9.97 Å². The van der Waals surface area contributed by atoms with Gasteiger partial charge >= 0.3 is 0 Å². The van der Waals surface area contributed by atoms with Crippen LogP contribution in [0.1, 0.15) is 26.8 Å². The van der Waals surface area contributed by atoms with E-state index in [2.05, 4.69) is 15.1 Å². The fourth-order valence-corrected chi connectivity index (χ4v) is 2.67. The van der Waals surface area contributed by atoms with Crippen LogP contribution < -0.4 is 5.56 Å². The highest BCUT2D eigenvalue weighted by Crippen LogP contribution is 2.27. The average molecular weight is 348 g/mol. The van der Waals surface area contributed by atoms with Gasteiger partial charge in [-0.05, 0) is 26.8 Å². The van der Waals surface area contributed by atoms with Gasteiger partial charge in [-0.1, -0.05) is 11.6 Å². The molecule has 8 heteroatoms. The summed E-state index contributed by atoms with van der Waals surface area (Å²) in [5, 5.41) is 14.9. The molecule has 0 saturated heterocycles. The third kappa shape index (κ3) is 2.81. The molecule has 0 unspecified atom stereocenters. The van der Waals surface area contributed by atoms with Crippen LogP contribution in [0.4, 0.5) is 0 Å². The smallest absolute Gasteiger partial charge is 0.261 e. The van der Waals surface area contributed by atoms with Crippen LogP contribution in [0, 0.1) is 0 Å². The summed E-state index contributed by atoms with van der Waals surface area (Å²) in [5.41, 5.74) is 0.346. The molecular weight excluding hydrogens is 330 g/mol. The van der Waals surface area contributed by atoms with Crippen molar-refractivity contribution < 1.29 is 5.11 Å². The highest BCUT2D eigenvalue weighted by molar-refractivity contribution is 6.30. The number of hydrogen-bond acceptors (Lipinski definition) is 5. The molecular formula is C16H18ClN5O2. The monoisotopic (exact) mass is 347 g/mol. The van der Waals surface area contributed by atoms with Gasteiger partial charge < -0.3 is 5.11 Å². The van der Waals surface area contributed by atoms with E-state index >= 15 is 0 Å². The molecule has 0 aliphatic heterocycles. The Morgan fingerprint density at radius 3 is 2.67 bits per heavy atom. The van der Waals surface area contributed by atoms with Gasteiger partial charge in [0.15, 0.2) is 0 Å². The SMILES string of the molecule is C[C@@H](n1cnc2c(-c3cnn(C)c3)nc(Cl)cc2c1=O)C(C)(C)O. The lowest BCUT2D eigenvalue weighted by molar-refractivity contribution is 0.0290. The summed E-state index contributed by atoms with van der Waals surface area (Å²) in [4.78, 5) is 21.6. The van der Waals surface area contributed by atoms with Crippen LogP contribution in [-0.2, 0) is 7.05 Å². The number of fused-ring (bicyclic) bond motifs is 1. The summed E-state index contributed by atoms with van der Waals surface area (Å²) in [7, 11) is 1.79. The third-order valence-electron chi connectivity index (χ3n) is 4.16. The van der Waals surface area contributed by atoms with Gasteiger partial charge in [-0.3, -0.25) is 14.0 Å². The first kappa shape index (κ1) is 16.6. The summed E-state index contributed by atoms with van der Waals surface area (Å²) < 4.78 is 3.05. The van der Waals surface area contributed by atoms with Crippen LogP contribution in [0.5, 0.6) is 0 Å². The molecule has 3 rings (SSSR count). The molecule has 0 aliphatic carbocycles. The number of pyridine rings is 1. The van der Waals surface area contributed by atoms with Crippen molar-refractivity contribution in [1.82, 2.24) is 24.3 Å². The maximum atomic E-state index is 12.9. The zero-order valence-electron chi connectivity index (χ0n) is 13.9. The third-order valence-corrected chi connectivity index (χ3v) is 4.35. The molecule has 126 valence electrons. The van der Waals surface area contributed by atoms with E-state index in [-0.39, 0.29) is 10.7 Å². The van der Waals surface area contributed by atoms with E-state index in [0.29, 0.717) is 16.6 Å². The minimum atomic E-state index is -1.07. The quantitative estimate of drug-likeness (QED) is 0.734. The number of rotatable bonds is 3. The molecule has 24 heavy (non-hydrogen) atoms. The Kier molecular flexibility index (Phi) is 3.93. The maximum Gasteiger partial charge on any atom is 0.261 e. The van der Waals surface area contributed by atoms with E-state index in [1.165, 1.54) is 17.0 Å². The lowest BCUT2D eigenvalue weighted by Gasteiger charge is -2.27. The van der Waals surface area contributed by atoms with Crippen molar-refractivity contribution in [3.8, 4) is 11.3 Å². The number of aliphatic hydroxyl groups is 1. The molecule has 3 heterocycles. The van der Waals surface area contributed by atoms with Gasteiger partial charge in [0.05, 0.1) is 29.6 Å². The molecule has 3 aromatic heterocycles. The van der Waals surface area contributed by atoms with Crippen molar-refractivity contribution in [2.24, 2.45) is 7.05 Å². The Hall–Kier alpha value is -2.25. The van der Waals surface area contributed by atoms with Gasteiger partial charge in [0.1, 0.15) is 16.4 Å². The molecule has 1 atom stereocenters. The molecule has 0 aliphatic rings. The molecule has 0 aromatic carbocycles. The second-order valence-electron chi connectivity index (χ2n) is 6.38. The topological polar surface area (TPSA) is 85.8 Å². The lowest BCUT2D eigenvalue weighted by atomic mass is 10.0. The summed E-state index contributed by atoms with van der Waals surface area (Å²) in [6, 6.07) is 1.05. The fraction of sp³-hybridized carbons (Fsp3) is 0.375. The molecule has 7 nitrogen and oxygen atoms in total. The Bertz CT molecular complexity index is 971. The van der Waals surface area contributed by atoms with E-state index in [0.717, 1.165) is 5.56 Å². The Morgan fingerprint density at radius 1 is 1.38 bits per heavy atom. The summed E-state index contributed by atoms with van der Waals surface area (Å²) in [5.74, 6) is 0. The second-order valence-corrected chi connectivity index (χ2v) is 6.77. The highest BCUT2D eigenvalue weighted by Gasteiger charge is 2.26. The van der Waals surface area contributed by atoms with Gasteiger partial charge in [0.25, 0.3) is 5.56 Å². The van der Waals surface area contributed by atoms with Crippen LogP contribution in [0.3, 0.4) is 0 Å². The highest BCUT2D eigenvalue weighted by atomic mass is 35.5. The molecule has 0 saturated carbocycles. The molecule has 0 fully saturated rings. The first-order chi connectivity index (χ1) is 11.2. The van der Waals surface area contributed by atoms with E-state index in [1.54, 1.807) is 44.9 Å². The van der Waals surface area contributed by atoms with E-state index in [9.17, 15) is 9.90 Å². The van der Waals surface area contributed by atoms with Gasteiger partial charge in [0.2, 0.25) is 0 Å². The minimum Gasteiger partial charge on any atom is -0.388 e. The van der Waals surface area contributed by atoms with Crippen molar-refractivity contribution in [3.05, 3.63) is 40.3 Å². The predicted octanol–water partition coefficient (Wildman–Crippen LogP) is 2.18. The largest absolute Gasteiger partial charge is 0.388 e. The average Bonchev–Trinajstić information content (AvgIpc) is 2.92. The van der Waals surface area contributed by atoms with Crippen LogP contribution in [-0.4, -0.2) is 35.0 Å². The Balaban J connectivity index is 2.29. The van der Waals surface area contributed by atoms with Crippen LogP contribution >= 0.6 is 11.6 Å². The van der Waals surface area contributed by atoms with Crippen molar-refractivity contribution in [1.29, 1.82) is 0 Å². The van der Waals surface area contributed by atoms with Gasteiger partial charge in [-0.2, -0.15) is 5.10 Å². The van der Waals surface area contributed by atoms with Crippen molar-refractivity contribution in [2.75, 3.05) is 0 Å². The van der Waals surface area contributed by atoms with Crippen LogP contribution in [0.15, 0.2) is 29.6 Å². The normalized spacial score (nSPS) is 13.4. The first-order valence-electron chi connectivity index (χ1n) is 7.47. The van der Waals surface area contributed by atoms with Crippen molar-refractivity contribution in [2.45, 2.75) is 32.4 Å². The predicted molar refractivity (Wildman–Crippen MR) is 92.0 cm³/mol. The van der Waals surface area contributed by atoms with Crippen molar-refractivity contribution >= 4 is 22.5 Å². The van der Waals surface area contributed by atoms with Gasteiger partial charge in [-0.15, -0.1) is 0 Å². The number of hydrogen-bond donors (Lipinski definition) is 1. The zero-order valence-corrected chi connectivity index (χ0v) is 14.6. The molecule has 0 spiro atoms. The van der Waals surface area contributed by atoms with E-state index in [4.69, 9.17) is 11.6 Å². The number of aryl methyl sites for hydroxylation is 1. The zero-order chi connectivity index (χ0) is 17.6. The second kappa shape index (κ2) is 5.68. The van der Waals surface area contributed by atoms with Crippen LogP contribution in [0.25, 0.3) is 22.2 Å². The molecule has 0 amide bonds. The summed E-state index contributed by atoms with van der Waals surface area (Å²) >= 11 is 6.11. The Morgan fingerprint density at radius 2 is 2.08 bits per heavy atom. The van der Waals surface area contributed by atoms with Crippen molar-refractivity contribution in [3.63, 3.8) is 0 Å². The first-order valence-corrected chi connectivity index (χ1v) is 7.85. The Labute approximate surface area is 143 Å². The van der Waals surface area contributed by atoms with E-state index < -0.39 is 11.6 Å². The maximum absolute atomic E-state index is 12.9. The standard InChI is InChI=1S/C16H18ClN5O2/c1-9(16(2,3)24)22-8-18-14-11(15(22)23)5-12(17)20-13(14)10-6-19-21(4)7-10/h5-9,24H,1-4H3/t9-/m1/s1. The summed E-state index contributed by atoms with van der Waals surface area (Å²) in [6.45, 7) is 5.06. The van der Waals surface area contributed by atoms with E-state index in [1.807, 2.05) is 0 Å². The summed E-state index contributed by atoms with van der Waals surface area (Å²) in [6.07, 6.45) is 4.86. The minimum absolute atomic E-state index is 0.203. The molecule has 0 radical (unpaired) electrons. The fourth-order valence-electron chi connectivity index (χ4n) is 2.47. The molecule has 0 bridgehead atoms. The number of aromatic nitrogens is 5. The van der Waals surface area contributed by atoms with Gasteiger partial charge in [0, 0.05) is 18.8 Å². The van der Waals surface area contributed by atoms with Crippen LogP contribution in [0.2, 0.25) is 5.15 Å². The molecule has 3 aromatic rings. The number of halogens is 1.